The van der Waals surface area contributed by atoms with Crippen molar-refractivity contribution in [2.24, 2.45) is 10.8 Å². The molecule has 5 fully saturated rings. The van der Waals surface area contributed by atoms with Crippen LogP contribution in [0.2, 0.25) is 0 Å². The molecular weight excluding hydrogens is 724 g/mol. The number of piperazine rings is 1. The third-order valence-electron chi connectivity index (χ3n) is 12.0. The van der Waals surface area contributed by atoms with Gasteiger partial charge in [-0.05, 0) is 103 Å². The lowest BCUT2D eigenvalue weighted by Crippen LogP contribution is -2.51. The number of thioether (sulfide) groups is 1. The van der Waals surface area contributed by atoms with E-state index >= 15 is 8.78 Å². The van der Waals surface area contributed by atoms with Gasteiger partial charge in [-0.1, -0.05) is 13.0 Å². The molecule has 2 N–H and O–H groups in total. The number of nitrogens with one attached hydrogen (secondary N) is 1. The number of alkyl halides is 5. The van der Waals surface area contributed by atoms with E-state index in [-0.39, 0.29) is 81.9 Å². The van der Waals surface area contributed by atoms with Crippen LogP contribution >= 0.6 is 11.8 Å². The summed E-state index contributed by atoms with van der Waals surface area (Å²) in [6.45, 7) is 4.34. The van der Waals surface area contributed by atoms with E-state index in [0.717, 1.165) is 31.7 Å². The highest BCUT2D eigenvalue weighted by Gasteiger charge is 2.72. The predicted octanol–water partition coefficient (Wildman–Crippen LogP) is 8.44. The van der Waals surface area contributed by atoms with Crippen molar-refractivity contribution in [1.29, 1.82) is 0 Å². The molecule has 3 saturated heterocycles. The van der Waals surface area contributed by atoms with Crippen molar-refractivity contribution in [2.75, 3.05) is 44.2 Å². The molecule has 2 aliphatic carbocycles. The predicted molar refractivity (Wildman–Crippen MR) is 188 cm³/mol. The number of benzene rings is 3. The molecule has 15 heteroatoms. The zero-order chi connectivity index (χ0) is 37.1. The molecule has 282 valence electrons. The Hall–Kier alpha value is -3.56. The zero-order valence-electron chi connectivity index (χ0n) is 28.9. The maximum Gasteiger partial charge on any atom is 0.446 e. The maximum atomic E-state index is 17.4. The fourth-order valence-electron chi connectivity index (χ4n) is 9.08. The van der Waals surface area contributed by atoms with E-state index in [2.05, 4.69) is 15.2 Å². The summed E-state index contributed by atoms with van der Waals surface area (Å²) in [5.41, 5.74) is -6.69. The van der Waals surface area contributed by atoms with Gasteiger partial charge in [-0.25, -0.2) is 17.6 Å². The van der Waals surface area contributed by atoms with Crippen molar-refractivity contribution in [3.8, 4) is 22.9 Å². The van der Waals surface area contributed by atoms with Gasteiger partial charge < -0.3 is 25.0 Å². The molecular formula is C38H38F7N5O2S. The first-order valence-corrected chi connectivity index (χ1v) is 19.0. The number of ether oxygens (including phenoxy) is 1. The first-order chi connectivity index (χ1) is 25.2. The van der Waals surface area contributed by atoms with Crippen LogP contribution in [0.1, 0.15) is 51.0 Å². The highest BCUT2D eigenvalue weighted by molar-refractivity contribution is 8.00. The summed E-state index contributed by atoms with van der Waals surface area (Å²) in [5, 5.41) is 14.9. The van der Waals surface area contributed by atoms with Crippen molar-refractivity contribution >= 4 is 39.3 Å². The summed E-state index contributed by atoms with van der Waals surface area (Å²) in [7, 11) is 0. The van der Waals surface area contributed by atoms with Crippen molar-refractivity contribution in [1.82, 2.24) is 20.2 Å². The van der Waals surface area contributed by atoms with Gasteiger partial charge in [0.2, 0.25) is 0 Å². The SMILES string of the molecule is CCc1c(F)ccc2cc(O)cc(-c3c(SC(F)(F)F)cc4c(N5CC6CCC(C5)N6)nc(OCC5(CN6CCC7(C6)CC7(F)F)CC5)nc4c3F)c12. The minimum Gasteiger partial charge on any atom is -0.508 e. The topological polar surface area (TPSA) is 73.8 Å². The number of fused-ring (bicyclic) bond motifs is 4. The molecule has 2 bridgehead atoms. The minimum atomic E-state index is -4.82. The maximum absolute atomic E-state index is 17.4. The molecule has 1 aromatic heterocycles. The number of rotatable bonds is 9. The summed E-state index contributed by atoms with van der Waals surface area (Å²) in [6.07, 6.45) is 3.99. The van der Waals surface area contributed by atoms with Crippen LogP contribution in [0.4, 0.5) is 36.6 Å². The van der Waals surface area contributed by atoms with E-state index in [4.69, 9.17) is 9.72 Å². The van der Waals surface area contributed by atoms with Gasteiger partial charge in [0.05, 0.1) is 12.0 Å². The fraction of sp³-hybridized carbons (Fsp3) is 0.526. The molecule has 3 aliphatic heterocycles. The number of aromatic nitrogens is 2. The second kappa shape index (κ2) is 12.2. The Balaban J connectivity index is 1.16. The number of phenols is 1. The molecule has 4 aromatic rings. The van der Waals surface area contributed by atoms with Crippen LogP contribution in [0.15, 0.2) is 35.2 Å². The molecule has 9 rings (SSSR count). The smallest absolute Gasteiger partial charge is 0.446 e. The van der Waals surface area contributed by atoms with Crippen molar-refractivity contribution in [2.45, 2.75) is 80.3 Å². The Morgan fingerprint density at radius 2 is 1.77 bits per heavy atom. The van der Waals surface area contributed by atoms with Gasteiger partial charge in [0.25, 0.3) is 5.92 Å². The zero-order valence-corrected chi connectivity index (χ0v) is 29.7. The highest BCUT2D eigenvalue weighted by atomic mass is 32.2. The molecule has 7 nitrogen and oxygen atoms in total. The van der Waals surface area contributed by atoms with Crippen LogP contribution in [0.3, 0.4) is 0 Å². The Morgan fingerprint density at radius 1 is 1.04 bits per heavy atom. The summed E-state index contributed by atoms with van der Waals surface area (Å²) < 4.78 is 110. The second-order valence-electron chi connectivity index (χ2n) is 15.8. The van der Waals surface area contributed by atoms with E-state index < -0.39 is 50.7 Å². The molecule has 5 aliphatic rings. The molecule has 4 heterocycles. The van der Waals surface area contributed by atoms with E-state index in [1.807, 2.05) is 4.90 Å². The van der Waals surface area contributed by atoms with Crippen molar-refractivity contribution < 1.29 is 40.6 Å². The van der Waals surface area contributed by atoms with Gasteiger partial charge in [0.15, 0.2) is 5.82 Å². The lowest BCUT2D eigenvalue weighted by Gasteiger charge is -2.34. The summed E-state index contributed by atoms with van der Waals surface area (Å²) in [5.74, 6) is -4.37. The highest BCUT2D eigenvalue weighted by Crippen LogP contribution is 2.65. The average Bonchev–Trinajstić information content (AvgIpc) is 3.85. The first-order valence-electron chi connectivity index (χ1n) is 18.1. The van der Waals surface area contributed by atoms with Crippen LogP contribution in [0.25, 0.3) is 32.8 Å². The number of hydrogen-bond acceptors (Lipinski definition) is 8. The van der Waals surface area contributed by atoms with E-state index in [1.165, 1.54) is 24.3 Å². The van der Waals surface area contributed by atoms with Crippen molar-refractivity contribution in [3.05, 3.63) is 47.5 Å². The molecule has 3 atom stereocenters. The van der Waals surface area contributed by atoms with Gasteiger partial charge in [0.1, 0.15) is 22.9 Å². The normalized spacial score (nSPS) is 25.9. The van der Waals surface area contributed by atoms with Gasteiger partial charge in [-0.3, -0.25) is 0 Å². The molecule has 2 saturated carbocycles. The Bertz CT molecular complexity index is 2130. The van der Waals surface area contributed by atoms with E-state index in [1.54, 1.807) is 6.92 Å². The largest absolute Gasteiger partial charge is 0.508 e. The van der Waals surface area contributed by atoms with Crippen molar-refractivity contribution in [3.63, 3.8) is 0 Å². The monoisotopic (exact) mass is 761 g/mol. The van der Waals surface area contributed by atoms with Crippen LogP contribution in [0, 0.1) is 22.5 Å². The Kier molecular flexibility index (Phi) is 8.11. The standard InChI is InChI=1S/C38H38F7N5O2S/c1-2-24-27(39)6-3-20-11-23(51)12-25(29(20)24)30-28(53-38(43,44)45)13-26-32(31(30)40)47-34(48-33(26)50-14-21-4-5-22(15-50)46-21)52-19-35(7-8-35)17-49-10-9-36(18-49)16-37(36,41)42/h3,6,11-13,21-22,46,51H,2,4-5,7-10,14-19H2,1H3. The van der Waals surface area contributed by atoms with Gasteiger partial charge in [0, 0.05) is 65.9 Å². The van der Waals surface area contributed by atoms with Crippen LogP contribution in [-0.2, 0) is 6.42 Å². The molecule has 0 amide bonds. The Labute approximate surface area is 305 Å². The van der Waals surface area contributed by atoms with Crippen LogP contribution < -0.4 is 15.0 Å². The number of halogens is 7. The third-order valence-corrected chi connectivity index (χ3v) is 12.8. The lowest BCUT2D eigenvalue weighted by molar-refractivity contribution is -0.0328. The third kappa shape index (κ3) is 6.24. The van der Waals surface area contributed by atoms with Gasteiger partial charge in [-0.15, -0.1) is 0 Å². The lowest BCUT2D eigenvalue weighted by atomic mass is 9.92. The molecule has 1 spiro atoms. The first kappa shape index (κ1) is 35.2. The number of nitrogens with zero attached hydrogens (tertiary/aromatic N) is 4. The number of aryl methyl sites for hydroxylation is 1. The number of phenolic OH excluding ortho intramolecular Hbond substituents is 1. The molecule has 0 radical (unpaired) electrons. The fourth-order valence-corrected chi connectivity index (χ4v) is 9.80. The quantitative estimate of drug-likeness (QED) is 0.130. The Morgan fingerprint density at radius 3 is 2.42 bits per heavy atom. The molecule has 3 aromatic carbocycles. The number of hydrogen-bond donors (Lipinski definition) is 2. The molecule has 3 unspecified atom stereocenters. The van der Waals surface area contributed by atoms with Gasteiger partial charge in [-0.2, -0.15) is 23.1 Å². The number of anilines is 1. The summed E-state index contributed by atoms with van der Waals surface area (Å²) in [4.78, 5) is 12.8. The summed E-state index contributed by atoms with van der Waals surface area (Å²) in [6, 6.07) is 6.49. The second-order valence-corrected chi connectivity index (χ2v) is 16.9. The molecule has 53 heavy (non-hydrogen) atoms. The van der Waals surface area contributed by atoms with Gasteiger partial charge >= 0.3 is 11.5 Å². The average molecular weight is 762 g/mol. The number of aromatic hydroxyl groups is 1. The van der Waals surface area contributed by atoms with E-state index in [0.29, 0.717) is 44.5 Å². The van der Waals surface area contributed by atoms with Crippen LogP contribution in [0.5, 0.6) is 11.8 Å². The minimum absolute atomic E-state index is 0.0758. The summed E-state index contributed by atoms with van der Waals surface area (Å²) >= 11 is -0.487. The van der Waals surface area contributed by atoms with Crippen LogP contribution in [-0.4, -0.2) is 82.8 Å². The van der Waals surface area contributed by atoms with E-state index in [9.17, 15) is 27.1 Å². The number of likely N-dealkylation sites (tertiary alicyclic amines) is 1.